The SMILES string of the molecule is CC[C@H]1CC[C@H](C2CC=C(c3cnc(-c4ccc(C[C@H](NC(=O)c5ccc(OC(C)(C)C)cc5)C(=O)N5CC(C(=O)O)C5)cc4)nc3)CC2)CC1. The van der Waals surface area contributed by atoms with E-state index in [1.165, 1.54) is 49.0 Å². The van der Waals surface area contributed by atoms with E-state index in [0.717, 1.165) is 47.3 Å². The lowest BCUT2D eigenvalue weighted by Crippen LogP contribution is -2.59. The molecule has 1 saturated heterocycles. The van der Waals surface area contributed by atoms with Crippen LogP contribution in [0.2, 0.25) is 0 Å². The third-order valence-electron chi connectivity index (χ3n) is 10.9. The number of aromatic nitrogens is 2. The minimum Gasteiger partial charge on any atom is -0.488 e. The molecule has 2 amide bonds. The highest BCUT2D eigenvalue weighted by Gasteiger charge is 2.39. The first-order valence-corrected chi connectivity index (χ1v) is 18.7. The van der Waals surface area contributed by atoms with Crippen LogP contribution in [0.3, 0.4) is 0 Å². The quantitative estimate of drug-likeness (QED) is 0.212. The molecule has 0 spiro atoms. The maximum atomic E-state index is 13.5. The number of hydrogen-bond acceptors (Lipinski definition) is 6. The van der Waals surface area contributed by atoms with Gasteiger partial charge in [-0.05, 0) is 106 Å². The number of carboxylic acid groups (broad SMARTS) is 1. The van der Waals surface area contributed by atoms with Crippen molar-refractivity contribution in [2.45, 2.75) is 97.1 Å². The molecule has 0 bridgehead atoms. The van der Waals surface area contributed by atoms with Gasteiger partial charge >= 0.3 is 5.97 Å². The lowest BCUT2D eigenvalue weighted by Gasteiger charge is -2.39. The number of nitrogens with zero attached hydrogens (tertiary/aromatic N) is 3. The molecule has 2 heterocycles. The molecule has 2 atom stereocenters. The summed E-state index contributed by atoms with van der Waals surface area (Å²) in [6.45, 7) is 8.44. The van der Waals surface area contributed by atoms with Crippen LogP contribution in [-0.4, -0.2) is 62.5 Å². The number of benzene rings is 2. The Bertz CT molecular complexity index is 1700. The van der Waals surface area contributed by atoms with Crippen LogP contribution in [0.4, 0.5) is 0 Å². The number of amides is 2. The molecule has 2 fully saturated rings. The zero-order valence-electron chi connectivity index (χ0n) is 30.4. The van der Waals surface area contributed by atoms with Crippen molar-refractivity contribution in [2.75, 3.05) is 13.1 Å². The molecular formula is C42H52N4O5. The second-order valence-corrected chi connectivity index (χ2v) is 15.7. The van der Waals surface area contributed by atoms with Crippen molar-refractivity contribution < 1.29 is 24.2 Å². The number of ether oxygens (including phenoxy) is 1. The van der Waals surface area contributed by atoms with Gasteiger partial charge in [0.2, 0.25) is 5.91 Å². The van der Waals surface area contributed by atoms with Crippen molar-refractivity contribution in [3.05, 3.63) is 83.7 Å². The second-order valence-electron chi connectivity index (χ2n) is 15.7. The van der Waals surface area contributed by atoms with Gasteiger partial charge in [-0.25, -0.2) is 9.97 Å². The normalized spacial score (nSPS) is 21.6. The van der Waals surface area contributed by atoms with Gasteiger partial charge in [0.25, 0.3) is 5.91 Å². The largest absolute Gasteiger partial charge is 0.488 e. The number of likely N-dealkylation sites (tertiary alicyclic amines) is 1. The van der Waals surface area contributed by atoms with Gasteiger partial charge in [-0.15, -0.1) is 0 Å². The molecule has 1 saturated carbocycles. The van der Waals surface area contributed by atoms with Gasteiger partial charge in [0, 0.05) is 48.6 Å². The molecule has 9 heteroatoms. The van der Waals surface area contributed by atoms with Crippen LogP contribution >= 0.6 is 0 Å². The number of carboxylic acids is 1. The molecule has 51 heavy (non-hydrogen) atoms. The smallest absolute Gasteiger partial charge is 0.310 e. The lowest BCUT2D eigenvalue weighted by molar-refractivity contribution is -0.153. The minimum atomic E-state index is -0.924. The van der Waals surface area contributed by atoms with E-state index in [-0.39, 0.29) is 31.0 Å². The number of carbonyl (C=O) groups excluding carboxylic acids is 2. The fraction of sp³-hybridized carbons (Fsp3) is 0.500. The molecule has 6 rings (SSSR count). The van der Waals surface area contributed by atoms with E-state index in [1.54, 1.807) is 24.3 Å². The van der Waals surface area contributed by atoms with Crippen LogP contribution < -0.4 is 10.1 Å². The Morgan fingerprint density at radius 3 is 2.14 bits per heavy atom. The molecule has 1 unspecified atom stereocenters. The monoisotopic (exact) mass is 692 g/mol. The van der Waals surface area contributed by atoms with Crippen LogP contribution in [0.1, 0.15) is 101 Å². The average molecular weight is 693 g/mol. The van der Waals surface area contributed by atoms with E-state index in [0.29, 0.717) is 17.1 Å². The number of rotatable bonds is 11. The van der Waals surface area contributed by atoms with Gasteiger partial charge < -0.3 is 20.1 Å². The molecule has 9 nitrogen and oxygen atoms in total. The molecule has 0 radical (unpaired) electrons. The minimum absolute atomic E-state index is 0.128. The first-order chi connectivity index (χ1) is 24.5. The topological polar surface area (TPSA) is 122 Å². The molecule has 3 aromatic rings. The Balaban J connectivity index is 1.08. The average Bonchev–Trinajstić information content (AvgIpc) is 3.10. The Morgan fingerprint density at radius 2 is 1.57 bits per heavy atom. The molecule has 2 aliphatic carbocycles. The number of carbonyl (C=O) groups is 3. The van der Waals surface area contributed by atoms with Crippen LogP contribution in [0.15, 0.2) is 67.0 Å². The zero-order chi connectivity index (χ0) is 36.1. The number of hydrogen-bond donors (Lipinski definition) is 2. The summed E-state index contributed by atoms with van der Waals surface area (Å²) in [5.41, 5.74) is 4.18. The molecule has 2 N–H and O–H groups in total. The van der Waals surface area contributed by atoms with Gasteiger partial charge in [0.05, 0.1) is 5.92 Å². The van der Waals surface area contributed by atoms with E-state index < -0.39 is 23.8 Å². The Morgan fingerprint density at radius 1 is 0.902 bits per heavy atom. The molecule has 1 aliphatic heterocycles. The van der Waals surface area contributed by atoms with Gasteiger partial charge in [-0.3, -0.25) is 14.4 Å². The number of nitrogens with one attached hydrogen (secondary N) is 1. The van der Waals surface area contributed by atoms with E-state index in [9.17, 15) is 19.5 Å². The molecular weight excluding hydrogens is 640 g/mol. The fourth-order valence-corrected chi connectivity index (χ4v) is 7.79. The highest BCUT2D eigenvalue weighted by Crippen LogP contribution is 2.41. The van der Waals surface area contributed by atoms with Gasteiger partial charge in [0.15, 0.2) is 5.82 Å². The van der Waals surface area contributed by atoms with Crippen molar-refractivity contribution in [3.63, 3.8) is 0 Å². The maximum absolute atomic E-state index is 13.5. The van der Waals surface area contributed by atoms with Gasteiger partial charge in [-0.2, -0.15) is 0 Å². The standard InChI is InChI=1S/C42H52N4O5/c1-5-27-6-10-29(11-7-27)30-14-16-31(17-15-30)34-23-43-38(44-24-34)32-12-8-28(9-13-32)22-37(40(48)46-25-35(26-46)41(49)50)45-39(47)33-18-20-36(21-19-33)51-42(2,3)4/h8-9,12-13,16,18-21,23-24,27,29-30,35,37H,5-7,10-11,14-15,17,22,25-26H2,1-4H3,(H,45,47)(H,49,50)/t27-,29-,30?,37-/m0/s1. The molecule has 1 aromatic heterocycles. The van der Waals surface area contributed by atoms with Crippen molar-refractivity contribution in [1.82, 2.24) is 20.2 Å². The van der Waals surface area contributed by atoms with E-state index in [1.807, 2.05) is 57.4 Å². The summed E-state index contributed by atoms with van der Waals surface area (Å²) in [5, 5.41) is 12.2. The first-order valence-electron chi connectivity index (χ1n) is 18.7. The maximum Gasteiger partial charge on any atom is 0.310 e. The molecule has 270 valence electrons. The molecule has 2 aromatic carbocycles. The first kappa shape index (κ1) is 36.3. The van der Waals surface area contributed by atoms with Crippen LogP contribution in [0.25, 0.3) is 17.0 Å². The van der Waals surface area contributed by atoms with Crippen molar-refractivity contribution in [3.8, 4) is 17.1 Å². The van der Waals surface area contributed by atoms with Gasteiger partial charge in [0.1, 0.15) is 17.4 Å². The summed E-state index contributed by atoms with van der Waals surface area (Å²) >= 11 is 0. The predicted octanol–water partition coefficient (Wildman–Crippen LogP) is 7.60. The van der Waals surface area contributed by atoms with E-state index in [2.05, 4.69) is 18.3 Å². The third-order valence-corrected chi connectivity index (χ3v) is 10.9. The Labute approximate surface area is 301 Å². The van der Waals surface area contributed by atoms with Crippen LogP contribution in [-0.2, 0) is 16.0 Å². The van der Waals surface area contributed by atoms with Crippen LogP contribution in [0.5, 0.6) is 5.75 Å². The third kappa shape index (κ3) is 9.23. The summed E-state index contributed by atoms with van der Waals surface area (Å²) in [5.74, 6) is 1.69. The Kier molecular flexibility index (Phi) is 11.2. The second kappa shape index (κ2) is 15.8. The zero-order valence-corrected chi connectivity index (χ0v) is 30.4. The summed E-state index contributed by atoms with van der Waals surface area (Å²) in [7, 11) is 0. The summed E-state index contributed by atoms with van der Waals surface area (Å²) in [6.07, 6.45) is 16.9. The number of allylic oxidation sites excluding steroid dienone is 2. The Hall–Kier alpha value is -4.53. The lowest BCUT2D eigenvalue weighted by atomic mass is 9.71. The van der Waals surface area contributed by atoms with Crippen molar-refractivity contribution >= 4 is 23.4 Å². The summed E-state index contributed by atoms with van der Waals surface area (Å²) < 4.78 is 5.87. The van der Waals surface area contributed by atoms with Crippen LogP contribution in [0, 0.1) is 23.7 Å². The predicted molar refractivity (Wildman–Crippen MR) is 198 cm³/mol. The highest BCUT2D eigenvalue weighted by atomic mass is 16.5. The van der Waals surface area contributed by atoms with Gasteiger partial charge in [-0.1, -0.05) is 56.5 Å². The summed E-state index contributed by atoms with van der Waals surface area (Å²) in [6, 6.07) is 13.7. The van der Waals surface area contributed by atoms with E-state index >= 15 is 0 Å². The number of aliphatic carboxylic acids is 1. The van der Waals surface area contributed by atoms with Crippen molar-refractivity contribution in [1.29, 1.82) is 0 Å². The van der Waals surface area contributed by atoms with E-state index in [4.69, 9.17) is 14.7 Å². The van der Waals surface area contributed by atoms with Crippen molar-refractivity contribution in [2.24, 2.45) is 23.7 Å². The summed E-state index contributed by atoms with van der Waals surface area (Å²) in [4.78, 5) is 49.1. The molecule has 3 aliphatic rings. The highest BCUT2D eigenvalue weighted by molar-refractivity contribution is 5.98. The fourth-order valence-electron chi connectivity index (χ4n) is 7.79.